The maximum absolute atomic E-state index is 12.3. The summed E-state index contributed by atoms with van der Waals surface area (Å²) >= 11 is 0. The van der Waals surface area contributed by atoms with E-state index in [0.717, 1.165) is 0 Å². The molecule has 0 aromatic heterocycles. The van der Waals surface area contributed by atoms with Crippen LogP contribution < -0.4 is 0 Å². The first-order valence-electron chi connectivity index (χ1n) is 2.92. The molecule has 0 amide bonds. The predicted molar refractivity (Wildman–Crippen MR) is 32.7 cm³/mol. The van der Waals surface area contributed by atoms with Gasteiger partial charge < -0.3 is 0 Å². The smallest absolute Gasteiger partial charge is 0.273 e. The normalized spacial score (nSPS) is 25.7. The highest BCUT2D eigenvalue weighted by molar-refractivity contribution is 7.83. The number of nitrogens with zero attached hydrogens (tertiary/aromatic N) is 1. The van der Waals surface area contributed by atoms with Crippen LogP contribution in [0.4, 0.5) is 8.78 Å². The summed E-state index contributed by atoms with van der Waals surface area (Å²) in [6, 6.07) is 0. The van der Waals surface area contributed by atoms with Crippen LogP contribution in [-0.2, 0) is 10.3 Å². The quantitative estimate of drug-likeness (QED) is 0.593. The zero-order chi connectivity index (χ0) is 8.70. The Labute approximate surface area is 62.7 Å². The van der Waals surface area contributed by atoms with Crippen LogP contribution >= 0.6 is 0 Å². The predicted octanol–water partition coefficient (Wildman–Crippen LogP) is 0.130. The molecular formula is C4H7F2NO3S. The molecule has 7 heteroatoms. The monoisotopic (exact) mass is 187 g/mol. The molecule has 1 rings (SSSR count). The molecule has 0 saturated carbocycles. The lowest BCUT2D eigenvalue weighted by Gasteiger charge is -2.10. The first kappa shape index (κ1) is 8.82. The molecule has 0 spiro atoms. The molecule has 4 nitrogen and oxygen atoms in total. The van der Waals surface area contributed by atoms with Crippen molar-refractivity contribution in [2.75, 3.05) is 13.1 Å². The van der Waals surface area contributed by atoms with Gasteiger partial charge in [0.15, 0.2) is 0 Å². The average molecular weight is 187 g/mol. The van der Waals surface area contributed by atoms with Crippen molar-refractivity contribution in [2.45, 2.75) is 12.3 Å². The van der Waals surface area contributed by atoms with Gasteiger partial charge in [-0.2, -0.15) is 12.7 Å². The topological polar surface area (TPSA) is 57.6 Å². The highest BCUT2D eigenvalue weighted by Gasteiger charge is 2.42. The lowest BCUT2D eigenvalue weighted by molar-refractivity contribution is 0.0178. The molecule has 0 aliphatic carbocycles. The number of alkyl halides is 2. The zero-order valence-electron chi connectivity index (χ0n) is 5.50. The van der Waals surface area contributed by atoms with Crippen LogP contribution in [-0.4, -0.2) is 36.3 Å². The van der Waals surface area contributed by atoms with Crippen molar-refractivity contribution < 1.29 is 21.8 Å². The Hall–Kier alpha value is -0.270. The van der Waals surface area contributed by atoms with Gasteiger partial charge in [0.25, 0.3) is 5.92 Å². The molecule has 1 N–H and O–H groups in total. The van der Waals surface area contributed by atoms with E-state index in [9.17, 15) is 17.2 Å². The maximum atomic E-state index is 12.3. The van der Waals surface area contributed by atoms with E-state index in [1.807, 2.05) is 0 Å². The van der Waals surface area contributed by atoms with Crippen LogP contribution in [0.2, 0.25) is 0 Å². The SMILES string of the molecule is O=S(=O)(O)N1CCC(F)(F)C1. The molecule has 1 aliphatic rings. The van der Waals surface area contributed by atoms with E-state index < -0.39 is 29.2 Å². The van der Waals surface area contributed by atoms with E-state index in [4.69, 9.17) is 4.55 Å². The molecule has 0 unspecified atom stereocenters. The van der Waals surface area contributed by atoms with Crippen LogP contribution in [0.3, 0.4) is 0 Å². The minimum Gasteiger partial charge on any atom is -0.273 e. The van der Waals surface area contributed by atoms with E-state index >= 15 is 0 Å². The molecule has 66 valence electrons. The molecule has 1 heterocycles. The second-order valence-electron chi connectivity index (χ2n) is 2.42. The Balaban J connectivity index is 2.71. The van der Waals surface area contributed by atoms with Gasteiger partial charge in [-0.15, -0.1) is 0 Å². The fourth-order valence-corrected chi connectivity index (χ4v) is 1.58. The standard InChI is InChI=1S/C4H7F2NO3S/c5-4(6)1-2-7(3-4)11(8,9)10/h1-3H2,(H,8,9,10). The lowest BCUT2D eigenvalue weighted by Crippen LogP contribution is -2.30. The van der Waals surface area contributed by atoms with Crippen LogP contribution in [0, 0.1) is 0 Å². The number of hydrogen-bond donors (Lipinski definition) is 1. The molecule has 0 radical (unpaired) electrons. The first-order valence-corrected chi connectivity index (χ1v) is 4.31. The van der Waals surface area contributed by atoms with Gasteiger partial charge in [-0.25, -0.2) is 8.78 Å². The van der Waals surface area contributed by atoms with Gasteiger partial charge in [-0.05, 0) is 0 Å². The zero-order valence-corrected chi connectivity index (χ0v) is 6.31. The summed E-state index contributed by atoms with van der Waals surface area (Å²) in [6.45, 7) is -1.22. The van der Waals surface area contributed by atoms with Gasteiger partial charge in [0.2, 0.25) is 0 Å². The van der Waals surface area contributed by atoms with Crippen molar-refractivity contribution in [3.63, 3.8) is 0 Å². The Morgan fingerprint density at radius 2 is 2.00 bits per heavy atom. The average Bonchev–Trinajstić information content (AvgIpc) is 2.07. The molecule has 0 atom stereocenters. The Kier molecular flexibility index (Phi) is 1.89. The van der Waals surface area contributed by atoms with E-state index in [1.165, 1.54) is 0 Å². The van der Waals surface area contributed by atoms with Gasteiger partial charge in [-0.3, -0.25) is 4.55 Å². The Bertz CT molecular complexity index is 250. The molecule has 11 heavy (non-hydrogen) atoms. The summed E-state index contributed by atoms with van der Waals surface area (Å²) < 4.78 is 53.8. The van der Waals surface area contributed by atoms with Crippen molar-refractivity contribution in [1.29, 1.82) is 0 Å². The largest absolute Gasteiger partial charge is 0.336 e. The highest BCUT2D eigenvalue weighted by atomic mass is 32.2. The number of rotatable bonds is 1. The first-order chi connectivity index (χ1) is 4.81. The Morgan fingerprint density at radius 1 is 1.45 bits per heavy atom. The number of hydrogen-bond acceptors (Lipinski definition) is 2. The van der Waals surface area contributed by atoms with Crippen LogP contribution in [0.25, 0.3) is 0 Å². The van der Waals surface area contributed by atoms with Gasteiger partial charge in [0.1, 0.15) is 0 Å². The van der Waals surface area contributed by atoms with Crippen molar-refractivity contribution in [2.24, 2.45) is 0 Å². The summed E-state index contributed by atoms with van der Waals surface area (Å²) in [4.78, 5) is 0. The Morgan fingerprint density at radius 3 is 2.18 bits per heavy atom. The molecule has 1 aliphatic heterocycles. The van der Waals surface area contributed by atoms with E-state index in [0.29, 0.717) is 4.31 Å². The van der Waals surface area contributed by atoms with Crippen molar-refractivity contribution in [3.8, 4) is 0 Å². The van der Waals surface area contributed by atoms with Crippen molar-refractivity contribution >= 4 is 10.3 Å². The molecule has 0 aromatic carbocycles. The molecule has 0 bridgehead atoms. The summed E-state index contributed by atoms with van der Waals surface area (Å²) in [5.41, 5.74) is 0. The summed E-state index contributed by atoms with van der Waals surface area (Å²) in [5.74, 6) is -2.99. The third-order valence-corrected chi connectivity index (χ3v) is 2.43. The maximum Gasteiger partial charge on any atom is 0.336 e. The second-order valence-corrected chi connectivity index (χ2v) is 3.83. The molecule has 1 saturated heterocycles. The van der Waals surface area contributed by atoms with E-state index in [1.54, 1.807) is 0 Å². The van der Waals surface area contributed by atoms with E-state index in [-0.39, 0.29) is 6.54 Å². The third-order valence-electron chi connectivity index (χ3n) is 1.46. The minimum atomic E-state index is -4.42. The van der Waals surface area contributed by atoms with Gasteiger partial charge >= 0.3 is 10.3 Å². The summed E-state index contributed by atoms with van der Waals surface area (Å²) in [6.07, 6.45) is -0.521. The van der Waals surface area contributed by atoms with Crippen molar-refractivity contribution in [1.82, 2.24) is 4.31 Å². The van der Waals surface area contributed by atoms with Crippen LogP contribution in [0.15, 0.2) is 0 Å². The fraction of sp³-hybridized carbons (Fsp3) is 1.00. The van der Waals surface area contributed by atoms with E-state index in [2.05, 4.69) is 0 Å². The second kappa shape index (κ2) is 2.36. The highest BCUT2D eigenvalue weighted by Crippen LogP contribution is 2.27. The molecule has 0 aromatic rings. The van der Waals surface area contributed by atoms with Gasteiger partial charge in [-0.1, -0.05) is 0 Å². The van der Waals surface area contributed by atoms with Crippen molar-refractivity contribution in [3.05, 3.63) is 0 Å². The van der Waals surface area contributed by atoms with Crippen LogP contribution in [0.1, 0.15) is 6.42 Å². The fourth-order valence-electron chi connectivity index (χ4n) is 0.901. The number of halogens is 2. The summed E-state index contributed by atoms with van der Waals surface area (Å²) in [7, 11) is -4.42. The molecule has 1 fully saturated rings. The lowest BCUT2D eigenvalue weighted by atomic mass is 10.3. The van der Waals surface area contributed by atoms with Crippen LogP contribution in [0.5, 0.6) is 0 Å². The van der Waals surface area contributed by atoms with Gasteiger partial charge in [0.05, 0.1) is 6.54 Å². The third kappa shape index (κ3) is 2.08. The molecular weight excluding hydrogens is 180 g/mol. The van der Waals surface area contributed by atoms with Gasteiger partial charge in [0, 0.05) is 13.0 Å². The summed E-state index contributed by atoms with van der Waals surface area (Å²) in [5, 5.41) is 0. The minimum absolute atomic E-state index is 0.314.